The van der Waals surface area contributed by atoms with Crippen LogP contribution in [0, 0.1) is 5.92 Å². The van der Waals surface area contributed by atoms with Crippen LogP contribution in [0.2, 0.25) is 0 Å². The molecule has 1 amide bonds. The van der Waals surface area contributed by atoms with Gasteiger partial charge in [0.2, 0.25) is 0 Å². The number of hydrogen-bond donors (Lipinski definition) is 2. The van der Waals surface area contributed by atoms with Crippen molar-refractivity contribution in [2.45, 2.75) is 51.1 Å². The molecular weight excluding hydrogens is 306 g/mol. The largest absolute Gasteiger partial charge is 0.450 e. The van der Waals surface area contributed by atoms with Crippen molar-refractivity contribution >= 4 is 12.1 Å². The van der Waals surface area contributed by atoms with Crippen LogP contribution >= 0.6 is 0 Å². The molecule has 2 aliphatic heterocycles. The first-order chi connectivity index (χ1) is 11.7. The number of nitrogens with zero attached hydrogens (tertiary/aromatic N) is 3. The Labute approximate surface area is 144 Å². The SMILES string of the molecule is CCOC(=O)N1CCC(NC(N)=NCC2CCN(C3CC3)C2)CC1. The van der Waals surface area contributed by atoms with Gasteiger partial charge in [-0.05, 0) is 51.5 Å². The number of likely N-dealkylation sites (tertiary alicyclic amines) is 2. The quantitative estimate of drug-likeness (QED) is 0.577. The van der Waals surface area contributed by atoms with Crippen molar-refractivity contribution in [2.75, 3.05) is 39.3 Å². The highest BCUT2D eigenvalue weighted by molar-refractivity contribution is 5.78. The lowest BCUT2D eigenvalue weighted by Gasteiger charge is -2.31. The standard InChI is InChI=1S/C17H31N5O2/c1-2-24-17(23)21-9-6-14(7-10-21)20-16(18)19-11-13-5-8-22(12-13)15-3-4-15/h13-15H,2-12H2,1H3,(H3,18,19,20). The first kappa shape index (κ1) is 17.3. The average molecular weight is 337 g/mol. The number of guanidine groups is 1. The summed E-state index contributed by atoms with van der Waals surface area (Å²) in [5, 5.41) is 3.32. The monoisotopic (exact) mass is 337 g/mol. The molecule has 0 aromatic rings. The van der Waals surface area contributed by atoms with Gasteiger partial charge in [0.05, 0.1) is 6.61 Å². The molecule has 3 aliphatic rings. The highest BCUT2D eigenvalue weighted by Gasteiger charge is 2.34. The van der Waals surface area contributed by atoms with E-state index < -0.39 is 0 Å². The van der Waals surface area contributed by atoms with Crippen LogP contribution in [0.3, 0.4) is 0 Å². The third kappa shape index (κ3) is 4.75. The minimum atomic E-state index is -0.209. The Balaban J connectivity index is 1.34. The number of aliphatic imine (C=N–C) groups is 1. The van der Waals surface area contributed by atoms with E-state index in [2.05, 4.69) is 15.2 Å². The number of nitrogens with one attached hydrogen (secondary N) is 1. The summed E-state index contributed by atoms with van der Waals surface area (Å²) in [6.45, 7) is 6.91. The molecule has 3 N–H and O–H groups in total. The third-order valence-corrected chi connectivity index (χ3v) is 5.27. The number of rotatable bonds is 5. The van der Waals surface area contributed by atoms with Gasteiger partial charge >= 0.3 is 6.09 Å². The number of carbonyl (C=O) groups is 1. The normalized spacial score (nSPS) is 26.6. The summed E-state index contributed by atoms with van der Waals surface area (Å²) in [6, 6.07) is 1.16. The molecule has 0 spiro atoms. The Kier molecular flexibility index (Phi) is 5.81. The zero-order chi connectivity index (χ0) is 16.9. The van der Waals surface area contributed by atoms with Crippen LogP contribution in [0.1, 0.15) is 39.0 Å². The maximum atomic E-state index is 11.7. The molecule has 1 saturated carbocycles. The van der Waals surface area contributed by atoms with Crippen LogP contribution in [0.15, 0.2) is 4.99 Å². The molecule has 7 heteroatoms. The van der Waals surface area contributed by atoms with Crippen molar-refractivity contribution < 1.29 is 9.53 Å². The van der Waals surface area contributed by atoms with Crippen LogP contribution in [0.5, 0.6) is 0 Å². The molecule has 0 bridgehead atoms. The molecule has 2 saturated heterocycles. The number of amides is 1. The maximum absolute atomic E-state index is 11.7. The lowest BCUT2D eigenvalue weighted by atomic mass is 10.1. The predicted molar refractivity (Wildman–Crippen MR) is 93.9 cm³/mol. The molecule has 1 unspecified atom stereocenters. The topological polar surface area (TPSA) is 83.2 Å². The second-order valence-corrected chi connectivity index (χ2v) is 7.21. The summed E-state index contributed by atoms with van der Waals surface area (Å²) < 4.78 is 5.04. The van der Waals surface area contributed by atoms with Crippen molar-refractivity contribution in [1.82, 2.24) is 15.1 Å². The van der Waals surface area contributed by atoms with Crippen LogP contribution in [-0.4, -0.2) is 73.3 Å². The van der Waals surface area contributed by atoms with Crippen LogP contribution < -0.4 is 11.1 Å². The lowest BCUT2D eigenvalue weighted by molar-refractivity contribution is 0.0963. The Morgan fingerprint density at radius 3 is 2.62 bits per heavy atom. The number of piperidine rings is 1. The molecular formula is C17H31N5O2. The van der Waals surface area contributed by atoms with Crippen LogP contribution in [0.25, 0.3) is 0 Å². The highest BCUT2D eigenvalue weighted by atomic mass is 16.6. The van der Waals surface area contributed by atoms with E-state index in [9.17, 15) is 4.79 Å². The smallest absolute Gasteiger partial charge is 0.409 e. The first-order valence-corrected chi connectivity index (χ1v) is 9.38. The second kappa shape index (κ2) is 8.05. The molecule has 0 radical (unpaired) electrons. The van der Waals surface area contributed by atoms with Gasteiger partial charge in [0.1, 0.15) is 0 Å². The summed E-state index contributed by atoms with van der Waals surface area (Å²) in [4.78, 5) is 20.6. The van der Waals surface area contributed by atoms with E-state index in [0.29, 0.717) is 37.6 Å². The maximum Gasteiger partial charge on any atom is 0.409 e. The fraction of sp³-hybridized carbons (Fsp3) is 0.882. The Morgan fingerprint density at radius 1 is 1.21 bits per heavy atom. The van der Waals surface area contributed by atoms with E-state index in [1.165, 1.54) is 32.4 Å². The minimum absolute atomic E-state index is 0.209. The van der Waals surface area contributed by atoms with Gasteiger partial charge in [-0.15, -0.1) is 0 Å². The molecule has 1 aliphatic carbocycles. The minimum Gasteiger partial charge on any atom is -0.450 e. The molecule has 3 rings (SSSR count). The van der Waals surface area contributed by atoms with E-state index in [1.807, 2.05) is 6.92 Å². The van der Waals surface area contributed by atoms with Crippen molar-refractivity contribution in [3.05, 3.63) is 0 Å². The molecule has 1 atom stereocenters. The van der Waals surface area contributed by atoms with E-state index in [1.54, 1.807) is 4.90 Å². The summed E-state index contributed by atoms with van der Waals surface area (Å²) in [7, 11) is 0. The zero-order valence-electron chi connectivity index (χ0n) is 14.7. The third-order valence-electron chi connectivity index (χ3n) is 5.27. The first-order valence-electron chi connectivity index (χ1n) is 9.38. The summed E-state index contributed by atoms with van der Waals surface area (Å²) in [5.74, 6) is 1.20. The molecule has 136 valence electrons. The van der Waals surface area contributed by atoms with Crippen LogP contribution in [0.4, 0.5) is 4.79 Å². The van der Waals surface area contributed by atoms with Crippen molar-refractivity contribution in [1.29, 1.82) is 0 Å². The number of carbonyl (C=O) groups excluding carboxylic acids is 1. The predicted octanol–water partition coefficient (Wildman–Crippen LogP) is 0.996. The zero-order valence-corrected chi connectivity index (χ0v) is 14.7. The molecule has 24 heavy (non-hydrogen) atoms. The van der Waals surface area contributed by atoms with Crippen LogP contribution in [-0.2, 0) is 4.74 Å². The van der Waals surface area contributed by atoms with Gasteiger partial charge in [-0.25, -0.2) is 4.79 Å². The molecule has 2 heterocycles. The van der Waals surface area contributed by atoms with E-state index >= 15 is 0 Å². The van der Waals surface area contributed by atoms with Gasteiger partial charge in [-0.1, -0.05) is 0 Å². The van der Waals surface area contributed by atoms with Gasteiger partial charge in [0.15, 0.2) is 5.96 Å². The van der Waals surface area contributed by atoms with Crippen molar-refractivity contribution in [3.63, 3.8) is 0 Å². The molecule has 3 fully saturated rings. The Bertz CT molecular complexity index is 458. The average Bonchev–Trinajstić information content (AvgIpc) is 3.32. The van der Waals surface area contributed by atoms with Gasteiger partial charge in [0, 0.05) is 38.3 Å². The van der Waals surface area contributed by atoms with Gasteiger partial charge < -0.3 is 25.6 Å². The summed E-state index contributed by atoms with van der Waals surface area (Å²) >= 11 is 0. The van der Waals surface area contributed by atoms with Gasteiger partial charge in [-0.3, -0.25) is 4.99 Å². The Morgan fingerprint density at radius 2 is 1.96 bits per heavy atom. The van der Waals surface area contributed by atoms with E-state index in [4.69, 9.17) is 10.5 Å². The van der Waals surface area contributed by atoms with Gasteiger partial charge in [-0.2, -0.15) is 0 Å². The molecule has 0 aromatic carbocycles. The molecule has 0 aromatic heterocycles. The second-order valence-electron chi connectivity index (χ2n) is 7.21. The highest BCUT2D eigenvalue weighted by Crippen LogP contribution is 2.31. The fourth-order valence-corrected chi connectivity index (χ4v) is 3.69. The summed E-state index contributed by atoms with van der Waals surface area (Å²) in [5.41, 5.74) is 6.05. The molecule has 7 nitrogen and oxygen atoms in total. The van der Waals surface area contributed by atoms with Gasteiger partial charge in [0.25, 0.3) is 0 Å². The summed E-state index contributed by atoms with van der Waals surface area (Å²) in [6.07, 6.45) is 5.56. The van der Waals surface area contributed by atoms with E-state index in [0.717, 1.165) is 25.4 Å². The van der Waals surface area contributed by atoms with Crippen molar-refractivity contribution in [2.24, 2.45) is 16.6 Å². The number of ether oxygens (including phenoxy) is 1. The lowest BCUT2D eigenvalue weighted by Crippen LogP contribution is -2.48. The number of hydrogen-bond acceptors (Lipinski definition) is 4. The number of nitrogens with two attached hydrogens (primary N) is 1. The fourth-order valence-electron chi connectivity index (χ4n) is 3.69. The van der Waals surface area contributed by atoms with Crippen molar-refractivity contribution in [3.8, 4) is 0 Å². The Hall–Kier alpha value is -1.50. The van der Waals surface area contributed by atoms with E-state index in [-0.39, 0.29) is 6.09 Å².